The molecule has 0 aliphatic heterocycles. The molecule has 0 saturated heterocycles. The van der Waals surface area contributed by atoms with Crippen LogP contribution in [0.4, 0.5) is 0 Å². The topological polar surface area (TPSA) is 71.3 Å². The third kappa shape index (κ3) is 6.98. The normalized spacial score (nSPS) is 12.1. The lowest BCUT2D eigenvalue weighted by Gasteiger charge is -2.34. The summed E-state index contributed by atoms with van der Waals surface area (Å²) in [6.45, 7) is 0. The smallest absolute Gasteiger partial charge is 0.240 e. The summed E-state index contributed by atoms with van der Waals surface area (Å²) >= 11 is 0. The largest absolute Gasteiger partial charge is 0.307 e. The van der Waals surface area contributed by atoms with Gasteiger partial charge in [-0.15, -0.1) is 0 Å². The van der Waals surface area contributed by atoms with Crippen LogP contribution in [-0.2, 0) is 0 Å². The Hall–Kier alpha value is -11.0. The van der Waals surface area contributed by atoms with Crippen LogP contribution in [0.5, 0.6) is 0 Å². The molecule has 0 aliphatic rings. The van der Waals surface area contributed by atoms with Gasteiger partial charge in [0.05, 0.1) is 49.8 Å². The lowest BCUT2D eigenvalue weighted by Crippen LogP contribution is -2.75. The number of pyridine rings is 1. The van der Waals surface area contributed by atoms with Crippen LogP contribution in [0.25, 0.3) is 122 Å². The maximum Gasteiger partial charge on any atom is 0.240 e. The van der Waals surface area contributed by atoms with Crippen LogP contribution in [0.1, 0.15) is 0 Å². The summed E-state index contributed by atoms with van der Waals surface area (Å²) in [5.74, 6) is 2.27. The SMILES string of the molecule is c1ccc([Si](c2ccccc2)(c2ccccc2)c2cc(-c3nc(-n4c5ccccc5c5ccccc54)nc(-n4c5ccccc5c5ccccc54)n3)cc(-n3c4ccccc4c4cccc(-n5c6ccccc6c6ccccc65)c43)n2)cc1. The highest BCUT2D eigenvalue weighted by molar-refractivity contribution is 7.19. The fourth-order valence-electron chi connectivity index (χ4n) is 13.5. The molecule has 83 heavy (non-hydrogen) atoms. The van der Waals surface area contributed by atoms with Gasteiger partial charge in [-0.3, -0.25) is 13.7 Å². The van der Waals surface area contributed by atoms with Gasteiger partial charge in [-0.1, -0.05) is 231 Å². The molecule has 388 valence electrons. The van der Waals surface area contributed by atoms with Crippen molar-refractivity contribution in [2.45, 2.75) is 0 Å². The molecule has 17 rings (SSSR count). The molecular formula is C74H48N8Si. The molecule has 0 amide bonds. The molecule has 0 spiro atoms. The number of hydrogen-bond donors (Lipinski definition) is 0. The van der Waals surface area contributed by atoms with E-state index in [0.29, 0.717) is 17.7 Å². The van der Waals surface area contributed by atoms with Crippen molar-refractivity contribution < 1.29 is 0 Å². The van der Waals surface area contributed by atoms with Gasteiger partial charge < -0.3 is 4.57 Å². The van der Waals surface area contributed by atoms with Gasteiger partial charge in [-0.05, 0) is 76.2 Å². The van der Waals surface area contributed by atoms with E-state index in [0.717, 1.165) is 98.8 Å². The van der Waals surface area contributed by atoms with Gasteiger partial charge in [0.1, 0.15) is 5.82 Å². The highest BCUT2D eigenvalue weighted by Crippen LogP contribution is 2.41. The van der Waals surface area contributed by atoms with Gasteiger partial charge in [0.15, 0.2) is 5.82 Å². The molecule has 0 N–H and O–H groups in total. The van der Waals surface area contributed by atoms with Gasteiger partial charge in [0.2, 0.25) is 20.0 Å². The summed E-state index contributed by atoms with van der Waals surface area (Å²) < 4.78 is 9.25. The first-order chi connectivity index (χ1) is 41.2. The van der Waals surface area contributed by atoms with E-state index in [2.05, 4.69) is 309 Å². The van der Waals surface area contributed by atoms with Gasteiger partial charge in [-0.25, -0.2) is 4.98 Å². The summed E-state index contributed by atoms with van der Waals surface area (Å²) in [6.07, 6.45) is 0. The van der Waals surface area contributed by atoms with Crippen molar-refractivity contribution >= 4 is 116 Å². The number of para-hydroxylation sites is 8. The van der Waals surface area contributed by atoms with Crippen molar-refractivity contribution in [2.24, 2.45) is 0 Å². The van der Waals surface area contributed by atoms with Crippen LogP contribution in [-0.4, -0.2) is 46.3 Å². The van der Waals surface area contributed by atoms with E-state index in [-0.39, 0.29) is 0 Å². The average molecular weight is 1080 g/mol. The Morgan fingerprint density at radius 3 is 0.976 bits per heavy atom. The lowest BCUT2D eigenvalue weighted by atomic mass is 10.1. The van der Waals surface area contributed by atoms with E-state index >= 15 is 0 Å². The Labute approximate surface area is 477 Å². The molecule has 9 heteroatoms. The molecule has 6 aromatic heterocycles. The summed E-state index contributed by atoms with van der Waals surface area (Å²) in [6, 6.07) is 105. The predicted octanol–water partition coefficient (Wildman–Crippen LogP) is 14.7. The molecule has 11 aromatic carbocycles. The van der Waals surface area contributed by atoms with Crippen LogP contribution in [0.2, 0.25) is 0 Å². The summed E-state index contributed by atoms with van der Waals surface area (Å²) in [4.78, 5) is 23.2. The minimum Gasteiger partial charge on any atom is -0.307 e. The first-order valence-corrected chi connectivity index (χ1v) is 30.1. The minimum atomic E-state index is -3.37. The second-order valence-electron chi connectivity index (χ2n) is 21.3. The van der Waals surface area contributed by atoms with Crippen molar-refractivity contribution in [2.75, 3.05) is 0 Å². The summed E-state index contributed by atoms with van der Waals surface area (Å²) in [7, 11) is -3.37. The highest BCUT2D eigenvalue weighted by Gasteiger charge is 2.44. The molecule has 0 saturated carbocycles. The Bertz CT molecular complexity index is 5020. The van der Waals surface area contributed by atoms with E-state index in [1.54, 1.807) is 0 Å². The Kier molecular flexibility index (Phi) is 10.5. The van der Waals surface area contributed by atoms with Crippen LogP contribution in [0.15, 0.2) is 291 Å². The monoisotopic (exact) mass is 1080 g/mol. The summed E-state index contributed by atoms with van der Waals surface area (Å²) in [5.41, 5.74) is 10.2. The Morgan fingerprint density at radius 1 is 0.253 bits per heavy atom. The van der Waals surface area contributed by atoms with Crippen molar-refractivity contribution in [1.82, 2.24) is 38.2 Å². The molecule has 8 nitrogen and oxygen atoms in total. The lowest BCUT2D eigenvalue weighted by molar-refractivity contribution is 0.892. The molecule has 17 aromatic rings. The number of aromatic nitrogens is 8. The second kappa shape index (κ2) is 18.5. The molecule has 6 heterocycles. The van der Waals surface area contributed by atoms with Gasteiger partial charge >= 0.3 is 0 Å². The van der Waals surface area contributed by atoms with Crippen molar-refractivity contribution in [1.29, 1.82) is 0 Å². The maximum atomic E-state index is 6.19. The molecule has 0 bridgehead atoms. The molecule has 0 atom stereocenters. The fourth-order valence-corrected chi connectivity index (χ4v) is 18.1. The number of nitrogens with zero attached hydrogens (tertiary/aromatic N) is 8. The fraction of sp³-hybridized carbons (Fsp3) is 0. The Morgan fingerprint density at radius 2 is 0.578 bits per heavy atom. The highest BCUT2D eigenvalue weighted by atomic mass is 28.3. The number of rotatable bonds is 9. The predicted molar refractivity (Wildman–Crippen MR) is 344 cm³/mol. The zero-order valence-electron chi connectivity index (χ0n) is 44.8. The van der Waals surface area contributed by atoms with Gasteiger partial charge in [0.25, 0.3) is 0 Å². The number of hydrogen-bond acceptors (Lipinski definition) is 4. The van der Waals surface area contributed by atoms with Crippen LogP contribution in [0, 0.1) is 0 Å². The van der Waals surface area contributed by atoms with E-state index < -0.39 is 8.07 Å². The van der Waals surface area contributed by atoms with Gasteiger partial charge in [-0.2, -0.15) is 15.0 Å². The quantitative estimate of drug-likeness (QED) is 0.107. The van der Waals surface area contributed by atoms with Crippen LogP contribution >= 0.6 is 0 Å². The summed E-state index contributed by atoms with van der Waals surface area (Å²) in [5, 5.41) is 13.7. The molecule has 0 unspecified atom stereocenters. The third-order valence-electron chi connectivity index (χ3n) is 17.0. The standard InChI is InChI=1S/C74H48N8Si/c1-4-25-50(26-5-1)83(51-27-6-2-7-28-51,52-29-8-3-9-30-52)70-48-49(47-69(75-70)82-67-45-23-16-37-59(67)60-38-24-46-68(71(60)82)79-61-39-17-10-31-53(61)54-32-11-18-40-62(54)79)72-76-73(80-63-41-19-12-33-55(63)56-34-13-20-42-64(56)80)78-74(77-72)81-65-43-21-14-35-57(65)58-36-15-22-44-66(58)81/h1-48H. The zero-order chi connectivity index (χ0) is 54.6. The number of fused-ring (bicyclic) bond motifs is 12. The van der Waals surface area contributed by atoms with Crippen LogP contribution in [0.3, 0.4) is 0 Å². The van der Waals surface area contributed by atoms with Crippen molar-refractivity contribution in [3.8, 4) is 34.8 Å². The molecule has 0 aliphatic carbocycles. The van der Waals surface area contributed by atoms with Crippen molar-refractivity contribution in [3.05, 3.63) is 291 Å². The Balaban J connectivity index is 1.05. The average Bonchev–Trinajstić information content (AvgIpc) is 2.80. The molecule has 0 fully saturated rings. The van der Waals surface area contributed by atoms with E-state index in [1.165, 1.54) is 26.3 Å². The van der Waals surface area contributed by atoms with E-state index in [9.17, 15) is 0 Å². The minimum absolute atomic E-state index is 0.507. The van der Waals surface area contributed by atoms with Crippen molar-refractivity contribution in [3.63, 3.8) is 0 Å². The first-order valence-electron chi connectivity index (χ1n) is 28.1. The third-order valence-corrected chi connectivity index (χ3v) is 21.6. The van der Waals surface area contributed by atoms with E-state index in [1.807, 2.05) is 0 Å². The molecular weight excluding hydrogens is 1030 g/mol. The van der Waals surface area contributed by atoms with Crippen LogP contribution < -0.4 is 20.9 Å². The number of benzene rings is 11. The van der Waals surface area contributed by atoms with Gasteiger partial charge in [0, 0.05) is 54.0 Å². The maximum absolute atomic E-state index is 6.19. The molecule has 0 radical (unpaired) electrons. The zero-order valence-corrected chi connectivity index (χ0v) is 45.8. The van der Waals surface area contributed by atoms with E-state index in [4.69, 9.17) is 19.9 Å². The second-order valence-corrected chi connectivity index (χ2v) is 25.1. The first kappa shape index (κ1) is 46.9.